The fourth-order valence-electron chi connectivity index (χ4n) is 0.629. The van der Waals surface area contributed by atoms with Gasteiger partial charge in [0, 0.05) is 20.3 Å². The highest BCUT2D eigenvalue weighted by atomic mass is 79.9. The highest BCUT2D eigenvalue weighted by Gasteiger charge is 2.02. The minimum atomic E-state index is 0.383. The van der Waals surface area contributed by atoms with Gasteiger partial charge in [0.1, 0.15) is 0 Å². The van der Waals surface area contributed by atoms with Crippen molar-refractivity contribution in [1.82, 2.24) is 0 Å². The monoisotopic (exact) mass is 458 g/mol. The van der Waals surface area contributed by atoms with Crippen LogP contribution >= 0.6 is 63.7 Å². The molecule has 0 aliphatic carbocycles. The molecule has 0 fully saturated rings. The van der Waals surface area contributed by atoms with Crippen LogP contribution in [0, 0.1) is 0 Å². The van der Waals surface area contributed by atoms with Crippen LogP contribution in [0.1, 0.15) is 0 Å². The lowest BCUT2D eigenvalue weighted by Crippen LogP contribution is -2.16. The zero-order valence-corrected chi connectivity index (χ0v) is 14.1. The van der Waals surface area contributed by atoms with Gasteiger partial charge in [-0.3, -0.25) is 0 Å². The van der Waals surface area contributed by atoms with E-state index in [1.807, 2.05) is 0 Å². The van der Waals surface area contributed by atoms with E-state index in [0.717, 1.165) is 10.7 Å². The van der Waals surface area contributed by atoms with Crippen LogP contribution in [-0.2, 0) is 9.47 Å². The summed E-state index contributed by atoms with van der Waals surface area (Å²) in [5.41, 5.74) is 0. The Labute approximate surface area is 119 Å². The molecule has 2 unspecified atom stereocenters. The summed E-state index contributed by atoms with van der Waals surface area (Å²) >= 11 is 13.6. The van der Waals surface area contributed by atoms with Gasteiger partial charge in [0.2, 0.25) is 0 Å². The quantitative estimate of drug-likeness (QED) is 0.387. The molecule has 0 aromatic heterocycles. The minimum absolute atomic E-state index is 0.383. The summed E-state index contributed by atoms with van der Waals surface area (Å²) in [6.07, 6.45) is 0. The maximum atomic E-state index is 5.37. The van der Waals surface area contributed by atoms with Crippen molar-refractivity contribution < 1.29 is 9.47 Å². The van der Waals surface area contributed by atoms with Crippen molar-refractivity contribution in [2.45, 2.75) is 9.65 Å². The molecule has 0 aliphatic rings. The summed E-state index contributed by atoms with van der Waals surface area (Å²) in [6.45, 7) is 2.73. The van der Waals surface area contributed by atoms with Crippen LogP contribution in [0.2, 0.25) is 0 Å². The third-order valence-electron chi connectivity index (χ3n) is 1.30. The van der Waals surface area contributed by atoms with Crippen molar-refractivity contribution in [3.05, 3.63) is 0 Å². The van der Waals surface area contributed by atoms with Gasteiger partial charge in [-0.05, 0) is 0 Å². The first-order valence-corrected chi connectivity index (χ1v) is 8.33. The summed E-state index contributed by atoms with van der Waals surface area (Å²) in [4.78, 5) is 0.767. The van der Waals surface area contributed by atoms with Crippen LogP contribution in [0.15, 0.2) is 0 Å². The van der Waals surface area contributed by atoms with E-state index in [2.05, 4.69) is 63.7 Å². The van der Waals surface area contributed by atoms with Gasteiger partial charge >= 0.3 is 0 Å². The van der Waals surface area contributed by atoms with Crippen molar-refractivity contribution in [3.63, 3.8) is 0 Å². The zero-order chi connectivity index (χ0) is 10.8. The molecule has 0 aromatic rings. The first kappa shape index (κ1) is 15.8. The molecule has 0 bridgehead atoms. The second kappa shape index (κ2) is 11.3. The van der Waals surface area contributed by atoms with Crippen molar-refractivity contribution in [2.75, 3.05) is 37.1 Å². The highest BCUT2D eigenvalue weighted by molar-refractivity contribution is 9.12. The Hall–Kier alpha value is 1.84. The second-order valence-corrected chi connectivity index (χ2v) is 6.54. The summed E-state index contributed by atoms with van der Waals surface area (Å²) in [6, 6.07) is 0. The summed E-state index contributed by atoms with van der Waals surface area (Å²) in [5, 5.41) is 1.81. The molecule has 0 N–H and O–H groups in total. The lowest BCUT2D eigenvalue weighted by molar-refractivity contribution is 0.0521. The van der Waals surface area contributed by atoms with E-state index in [-0.39, 0.29) is 0 Å². The SMILES string of the molecule is BrCC(Br)COCCOCC(Br)CBr. The van der Waals surface area contributed by atoms with Gasteiger partial charge in [-0.25, -0.2) is 0 Å². The Balaban J connectivity index is 3.06. The molecular formula is C8H14Br4O2. The number of ether oxygens (including phenoxy) is 2. The Kier molecular flexibility index (Phi) is 12.8. The topological polar surface area (TPSA) is 18.5 Å². The standard InChI is InChI=1S/C8H14Br4O2/c9-3-7(11)5-13-1-2-14-6-8(12)4-10/h7-8H,1-6H2. The van der Waals surface area contributed by atoms with Crippen molar-refractivity contribution >= 4 is 63.7 Å². The molecule has 0 spiro atoms. The molecule has 0 saturated carbocycles. The minimum Gasteiger partial charge on any atom is -0.378 e. The molecule has 0 radical (unpaired) electrons. The molecule has 2 nitrogen and oxygen atoms in total. The van der Waals surface area contributed by atoms with Gasteiger partial charge in [-0.1, -0.05) is 63.7 Å². The number of alkyl halides is 4. The molecular weight excluding hydrogens is 448 g/mol. The van der Waals surface area contributed by atoms with Gasteiger partial charge in [0.05, 0.1) is 26.4 Å². The third kappa shape index (κ3) is 10.4. The van der Waals surface area contributed by atoms with Crippen molar-refractivity contribution in [2.24, 2.45) is 0 Å². The van der Waals surface area contributed by atoms with E-state index in [1.165, 1.54) is 0 Å². The fraction of sp³-hybridized carbons (Fsp3) is 1.00. The lowest BCUT2D eigenvalue weighted by Gasteiger charge is -2.09. The molecule has 0 heterocycles. The Morgan fingerprint density at radius 1 is 0.786 bits per heavy atom. The molecule has 0 aliphatic heterocycles. The fourth-order valence-corrected chi connectivity index (χ4v) is 1.38. The Morgan fingerprint density at radius 3 is 1.43 bits per heavy atom. The van der Waals surface area contributed by atoms with Crippen LogP contribution in [0.4, 0.5) is 0 Å². The first-order valence-electron chi connectivity index (χ1n) is 4.26. The molecule has 86 valence electrons. The van der Waals surface area contributed by atoms with E-state index in [1.54, 1.807) is 0 Å². The first-order chi connectivity index (χ1) is 6.70. The number of halogens is 4. The van der Waals surface area contributed by atoms with Crippen LogP contribution < -0.4 is 0 Å². The van der Waals surface area contributed by atoms with Gasteiger partial charge in [-0.2, -0.15) is 0 Å². The van der Waals surface area contributed by atoms with Gasteiger partial charge in [0.25, 0.3) is 0 Å². The lowest BCUT2D eigenvalue weighted by atomic mass is 10.5. The van der Waals surface area contributed by atoms with E-state index >= 15 is 0 Å². The summed E-state index contributed by atoms with van der Waals surface area (Å²) in [5.74, 6) is 0. The van der Waals surface area contributed by atoms with E-state index in [0.29, 0.717) is 36.1 Å². The summed E-state index contributed by atoms with van der Waals surface area (Å²) < 4.78 is 10.7. The highest BCUT2D eigenvalue weighted by Crippen LogP contribution is 2.04. The van der Waals surface area contributed by atoms with Crippen LogP contribution in [0.3, 0.4) is 0 Å². The second-order valence-electron chi connectivity index (χ2n) is 2.65. The smallest absolute Gasteiger partial charge is 0.0701 e. The zero-order valence-electron chi connectivity index (χ0n) is 7.73. The summed E-state index contributed by atoms with van der Waals surface area (Å²) in [7, 11) is 0. The molecule has 0 saturated heterocycles. The van der Waals surface area contributed by atoms with Gasteiger partial charge < -0.3 is 9.47 Å². The molecule has 0 amide bonds. The predicted octanol–water partition coefficient (Wildman–Crippen LogP) is 3.34. The number of hydrogen-bond acceptors (Lipinski definition) is 2. The van der Waals surface area contributed by atoms with Crippen molar-refractivity contribution in [1.29, 1.82) is 0 Å². The average Bonchev–Trinajstić information content (AvgIpc) is 2.22. The average molecular weight is 462 g/mol. The Bertz CT molecular complexity index is 112. The molecule has 0 rings (SSSR count). The molecule has 2 atom stereocenters. The van der Waals surface area contributed by atoms with Gasteiger partial charge in [0.15, 0.2) is 0 Å². The van der Waals surface area contributed by atoms with Gasteiger partial charge in [-0.15, -0.1) is 0 Å². The molecule has 0 aromatic carbocycles. The maximum Gasteiger partial charge on any atom is 0.0701 e. The number of hydrogen-bond donors (Lipinski definition) is 0. The van der Waals surface area contributed by atoms with E-state index in [9.17, 15) is 0 Å². The third-order valence-corrected chi connectivity index (χ3v) is 5.78. The van der Waals surface area contributed by atoms with Crippen LogP contribution in [0.5, 0.6) is 0 Å². The normalized spacial score (nSPS) is 15.4. The van der Waals surface area contributed by atoms with E-state index in [4.69, 9.17) is 9.47 Å². The molecule has 6 heteroatoms. The maximum absolute atomic E-state index is 5.37. The van der Waals surface area contributed by atoms with E-state index < -0.39 is 0 Å². The Morgan fingerprint density at radius 2 is 1.14 bits per heavy atom. The van der Waals surface area contributed by atoms with Crippen LogP contribution in [-0.4, -0.2) is 46.7 Å². The predicted molar refractivity (Wildman–Crippen MR) is 74.7 cm³/mol. The largest absolute Gasteiger partial charge is 0.378 e. The van der Waals surface area contributed by atoms with Crippen molar-refractivity contribution in [3.8, 4) is 0 Å². The number of rotatable bonds is 9. The molecule has 14 heavy (non-hydrogen) atoms. The van der Waals surface area contributed by atoms with Crippen LogP contribution in [0.25, 0.3) is 0 Å².